The minimum atomic E-state index is -0.109. The Bertz CT molecular complexity index is 849. The molecule has 0 spiro atoms. The molecule has 4 nitrogen and oxygen atoms in total. The van der Waals surface area contributed by atoms with Crippen molar-refractivity contribution in [2.45, 2.75) is 13.5 Å². The first-order valence-corrected chi connectivity index (χ1v) is 10.4. The number of rotatable bonds is 3. The van der Waals surface area contributed by atoms with Crippen LogP contribution in [0.4, 0.5) is 0 Å². The maximum atomic E-state index is 12.2. The van der Waals surface area contributed by atoms with Gasteiger partial charge >= 0.3 is 0 Å². The summed E-state index contributed by atoms with van der Waals surface area (Å²) in [6.45, 7) is 6.87. The number of hydrogen-bond acceptors (Lipinski definition) is 5. The summed E-state index contributed by atoms with van der Waals surface area (Å²) >= 11 is 3.21. The molecule has 3 heterocycles. The number of piperazine rings is 1. The molecule has 0 atom stereocenters. The number of hydrogen-bond donors (Lipinski definition) is 0. The highest BCUT2D eigenvalue weighted by molar-refractivity contribution is 8.18. The first-order valence-electron chi connectivity index (χ1n) is 8.77. The fourth-order valence-electron chi connectivity index (χ4n) is 3.13. The molecule has 0 radical (unpaired) electrons. The molecular formula is C20H21N3OS2. The van der Waals surface area contributed by atoms with Gasteiger partial charge in [-0.05, 0) is 42.5 Å². The lowest BCUT2D eigenvalue weighted by molar-refractivity contribution is -0.113. The smallest absolute Gasteiger partial charge is 0.286 e. The maximum Gasteiger partial charge on any atom is 0.286 e. The molecule has 6 heteroatoms. The van der Waals surface area contributed by atoms with Gasteiger partial charge in [0.1, 0.15) is 0 Å². The van der Waals surface area contributed by atoms with Crippen LogP contribution in [0.5, 0.6) is 0 Å². The predicted octanol–water partition coefficient (Wildman–Crippen LogP) is 3.84. The van der Waals surface area contributed by atoms with Crippen molar-refractivity contribution in [2.24, 2.45) is 4.99 Å². The number of benzene rings is 1. The van der Waals surface area contributed by atoms with Crippen molar-refractivity contribution in [2.75, 3.05) is 26.2 Å². The first-order chi connectivity index (χ1) is 12.7. The summed E-state index contributed by atoms with van der Waals surface area (Å²) in [6.07, 6.45) is 1.97. The molecule has 0 bridgehead atoms. The minimum absolute atomic E-state index is 0.109. The summed E-state index contributed by atoms with van der Waals surface area (Å²) in [4.78, 5) is 24.3. The van der Waals surface area contributed by atoms with E-state index < -0.39 is 0 Å². The molecule has 0 aliphatic carbocycles. The fourth-order valence-corrected chi connectivity index (χ4v) is 4.98. The standard InChI is InChI=1S/C20H21N3OS2/c1-15-7-8-17(25-15)13-18-19(24)21-20(26-18)23-11-9-22(10-12-23)14-16-5-3-2-4-6-16/h2-8,13H,9-12,14H2,1H3/b18-13+. The molecule has 1 saturated heterocycles. The number of carbonyl (C=O) groups is 1. The van der Waals surface area contributed by atoms with Crippen LogP contribution in [0.3, 0.4) is 0 Å². The van der Waals surface area contributed by atoms with Gasteiger partial charge < -0.3 is 4.90 Å². The topological polar surface area (TPSA) is 35.9 Å². The summed E-state index contributed by atoms with van der Waals surface area (Å²) in [5, 5.41) is 0.855. The van der Waals surface area contributed by atoms with Gasteiger partial charge in [0.05, 0.1) is 4.91 Å². The normalized spacial score (nSPS) is 20.0. The van der Waals surface area contributed by atoms with Crippen molar-refractivity contribution < 1.29 is 4.79 Å². The zero-order chi connectivity index (χ0) is 17.9. The Morgan fingerprint density at radius 2 is 1.85 bits per heavy atom. The third-order valence-corrected chi connectivity index (χ3v) is 6.53. The number of thioether (sulfide) groups is 1. The Morgan fingerprint density at radius 1 is 1.08 bits per heavy atom. The van der Waals surface area contributed by atoms with E-state index in [-0.39, 0.29) is 5.91 Å². The van der Waals surface area contributed by atoms with Crippen molar-refractivity contribution in [3.8, 4) is 0 Å². The highest BCUT2D eigenvalue weighted by Crippen LogP contribution is 2.32. The van der Waals surface area contributed by atoms with E-state index in [0.29, 0.717) is 0 Å². The number of carbonyl (C=O) groups excluding carboxylic acids is 1. The average molecular weight is 384 g/mol. The van der Waals surface area contributed by atoms with E-state index in [1.807, 2.05) is 6.08 Å². The van der Waals surface area contributed by atoms with E-state index in [9.17, 15) is 4.79 Å². The molecule has 1 aromatic heterocycles. The second kappa shape index (κ2) is 7.78. The second-order valence-electron chi connectivity index (χ2n) is 6.51. The van der Waals surface area contributed by atoms with Crippen LogP contribution in [-0.4, -0.2) is 47.1 Å². The molecule has 2 aliphatic rings. The fraction of sp³-hybridized carbons (Fsp3) is 0.300. The molecule has 2 aromatic rings. The zero-order valence-electron chi connectivity index (χ0n) is 14.7. The summed E-state index contributed by atoms with van der Waals surface area (Å²) < 4.78 is 0. The molecule has 0 unspecified atom stereocenters. The zero-order valence-corrected chi connectivity index (χ0v) is 16.4. The van der Waals surface area contributed by atoms with E-state index in [0.717, 1.165) is 47.7 Å². The Kier molecular flexibility index (Phi) is 5.24. The van der Waals surface area contributed by atoms with Gasteiger partial charge in [0.25, 0.3) is 5.91 Å². The Morgan fingerprint density at radius 3 is 2.54 bits per heavy atom. The minimum Gasteiger partial charge on any atom is -0.348 e. The van der Waals surface area contributed by atoms with Gasteiger partial charge in [0.2, 0.25) is 0 Å². The molecule has 26 heavy (non-hydrogen) atoms. The second-order valence-corrected chi connectivity index (χ2v) is 8.84. The first kappa shape index (κ1) is 17.5. The molecule has 0 saturated carbocycles. The Balaban J connectivity index is 1.34. The van der Waals surface area contributed by atoms with E-state index >= 15 is 0 Å². The van der Waals surface area contributed by atoms with Crippen LogP contribution in [0.1, 0.15) is 15.3 Å². The molecule has 134 valence electrons. The van der Waals surface area contributed by atoms with E-state index in [1.165, 1.54) is 22.2 Å². The number of thiophene rings is 1. The van der Waals surface area contributed by atoms with E-state index in [1.54, 1.807) is 11.3 Å². The van der Waals surface area contributed by atoms with Crippen LogP contribution in [0.25, 0.3) is 6.08 Å². The molecule has 1 amide bonds. The molecule has 2 aliphatic heterocycles. The van der Waals surface area contributed by atoms with Crippen LogP contribution >= 0.6 is 23.1 Å². The number of nitrogens with zero attached hydrogens (tertiary/aromatic N) is 3. The molecular weight excluding hydrogens is 362 g/mol. The third kappa shape index (κ3) is 4.09. The van der Waals surface area contributed by atoms with Crippen molar-refractivity contribution in [3.05, 3.63) is 62.7 Å². The number of aryl methyl sites for hydroxylation is 1. The molecule has 1 aromatic carbocycles. The largest absolute Gasteiger partial charge is 0.348 e. The quantitative estimate of drug-likeness (QED) is 0.755. The van der Waals surface area contributed by atoms with E-state index in [2.05, 4.69) is 64.2 Å². The average Bonchev–Trinajstić information content (AvgIpc) is 3.23. The van der Waals surface area contributed by atoms with Crippen LogP contribution in [0.15, 0.2) is 52.4 Å². The van der Waals surface area contributed by atoms with Gasteiger partial charge in [-0.25, -0.2) is 0 Å². The number of amidine groups is 1. The van der Waals surface area contributed by atoms with Crippen LogP contribution in [0, 0.1) is 6.92 Å². The van der Waals surface area contributed by atoms with Gasteiger partial charge in [0, 0.05) is 42.5 Å². The lowest BCUT2D eigenvalue weighted by Crippen LogP contribution is -2.47. The van der Waals surface area contributed by atoms with Gasteiger partial charge in [-0.1, -0.05) is 30.3 Å². The SMILES string of the molecule is Cc1ccc(/C=C2/SC(N3CCN(Cc4ccccc4)CC3)=NC2=O)s1. The summed E-state index contributed by atoms with van der Waals surface area (Å²) in [5.74, 6) is -0.109. The third-order valence-electron chi connectivity index (χ3n) is 4.54. The van der Waals surface area contributed by atoms with Crippen molar-refractivity contribution in [3.63, 3.8) is 0 Å². The van der Waals surface area contributed by atoms with Crippen LogP contribution in [0.2, 0.25) is 0 Å². The van der Waals surface area contributed by atoms with Gasteiger partial charge in [-0.15, -0.1) is 11.3 Å². The molecule has 0 N–H and O–H groups in total. The monoisotopic (exact) mass is 383 g/mol. The van der Waals surface area contributed by atoms with Crippen molar-refractivity contribution >= 4 is 40.2 Å². The Labute approximate surface area is 162 Å². The van der Waals surface area contributed by atoms with Crippen LogP contribution in [-0.2, 0) is 11.3 Å². The number of amides is 1. The van der Waals surface area contributed by atoms with Gasteiger partial charge in [-0.3, -0.25) is 9.69 Å². The predicted molar refractivity (Wildman–Crippen MR) is 110 cm³/mol. The number of aliphatic imine (C=N–C) groups is 1. The van der Waals surface area contributed by atoms with Gasteiger partial charge in [-0.2, -0.15) is 4.99 Å². The van der Waals surface area contributed by atoms with Gasteiger partial charge in [0.15, 0.2) is 5.17 Å². The van der Waals surface area contributed by atoms with Crippen molar-refractivity contribution in [1.82, 2.24) is 9.80 Å². The lowest BCUT2D eigenvalue weighted by atomic mass is 10.2. The highest BCUT2D eigenvalue weighted by atomic mass is 32.2. The summed E-state index contributed by atoms with van der Waals surface area (Å²) in [6, 6.07) is 14.7. The Hall–Kier alpha value is -1.89. The summed E-state index contributed by atoms with van der Waals surface area (Å²) in [7, 11) is 0. The summed E-state index contributed by atoms with van der Waals surface area (Å²) in [5.41, 5.74) is 1.35. The maximum absolute atomic E-state index is 12.2. The van der Waals surface area contributed by atoms with Crippen molar-refractivity contribution in [1.29, 1.82) is 0 Å². The van der Waals surface area contributed by atoms with Crippen LogP contribution < -0.4 is 0 Å². The highest BCUT2D eigenvalue weighted by Gasteiger charge is 2.28. The molecule has 1 fully saturated rings. The lowest BCUT2D eigenvalue weighted by Gasteiger charge is -2.35. The van der Waals surface area contributed by atoms with E-state index in [4.69, 9.17) is 0 Å². The molecule has 4 rings (SSSR count).